The minimum Gasteiger partial charge on any atom is -0.463 e. The third kappa shape index (κ3) is 2.06. The number of esters is 2. The lowest BCUT2D eigenvalue weighted by Gasteiger charge is -2.35. The highest BCUT2D eigenvalue weighted by molar-refractivity contribution is 6.33. The van der Waals surface area contributed by atoms with Gasteiger partial charge in [-0.3, -0.25) is 4.79 Å². The van der Waals surface area contributed by atoms with Crippen molar-refractivity contribution in [2.75, 3.05) is 13.2 Å². The van der Waals surface area contributed by atoms with Crippen LogP contribution in [-0.2, 0) is 23.9 Å². The summed E-state index contributed by atoms with van der Waals surface area (Å²) in [5.74, 6) is -2.51. The van der Waals surface area contributed by atoms with E-state index in [0.29, 0.717) is 5.70 Å². The highest BCUT2D eigenvalue weighted by Gasteiger charge is 2.63. The molecule has 1 aromatic carbocycles. The van der Waals surface area contributed by atoms with Crippen molar-refractivity contribution in [3.63, 3.8) is 0 Å². The molecule has 0 bridgehead atoms. The smallest absolute Gasteiger partial charge is 0.352 e. The topological polar surface area (TPSA) is 72.9 Å². The molecule has 0 fully saturated rings. The maximum atomic E-state index is 12.8. The van der Waals surface area contributed by atoms with E-state index in [-0.39, 0.29) is 13.2 Å². The minimum absolute atomic E-state index is 0.0523. The molecule has 0 amide bonds. The zero-order chi connectivity index (χ0) is 17.3. The SMILES string of the molecule is CCOC(=O)C1(C(=O)OCC)C(=O)C=C2c3ccccc3C=CN21. The highest BCUT2D eigenvalue weighted by atomic mass is 16.6. The fourth-order valence-corrected chi connectivity index (χ4v) is 2.98. The summed E-state index contributed by atoms with van der Waals surface area (Å²) in [7, 11) is 0. The summed E-state index contributed by atoms with van der Waals surface area (Å²) in [6, 6.07) is 7.43. The molecule has 0 N–H and O–H groups in total. The van der Waals surface area contributed by atoms with E-state index in [0.717, 1.165) is 11.1 Å². The second kappa shape index (κ2) is 5.96. The number of hydrogen-bond donors (Lipinski definition) is 0. The fourth-order valence-electron chi connectivity index (χ4n) is 2.98. The summed E-state index contributed by atoms with van der Waals surface area (Å²) >= 11 is 0. The number of hydrogen-bond acceptors (Lipinski definition) is 6. The lowest BCUT2D eigenvalue weighted by atomic mass is 9.94. The van der Waals surface area contributed by atoms with E-state index in [1.165, 1.54) is 11.0 Å². The lowest BCUT2D eigenvalue weighted by Crippen LogP contribution is -2.61. The monoisotopic (exact) mass is 327 g/mol. The Bertz CT molecular complexity index is 759. The molecule has 0 saturated carbocycles. The second-order valence-corrected chi connectivity index (χ2v) is 5.32. The molecule has 2 heterocycles. The Morgan fingerprint density at radius 2 is 1.71 bits per heavy atom. The van der Waals surface area contributed by atoms with Crippen LogP contribution in [0, 0.1) is 0 Å². The number of rotatable bonds is 4. The van der Waals surface area contributed by atoms with Gasteiger partial charge < -0.3 is 14.4 Å². The Morgan fingerprint density at radius 3 is 2.33 bits per heavy atom. The van der Waals surface area contributed by atoms with Crippen LogP contribution in [0.4, 0.5) is 0 Å². The van der Waals surface area contributed by atoms with Gasteiger partial charge in [0, 0.05) is 17.8 Å². The molecule has 0 aromatic heterocycles. The number of nitrogens with zero attached hydrogens (tertiary/aromatic N) is 1. The number of fused-ring (bicyclic) bond motifs is 3. The Hall–Kier alpha value is -2.89. The van der Waals surface area contributed by atoms with Gasteiger partial charge in [-0.15, -0.1) is 0 Å². The van der Waals surface area contributed by atoms with E-state index in [2.05, 4.69) is 0 Å². The number of carbonyl (C=O) groups excluding carboxylic acids is 3. The molecule has 124 valence electrons. The summed E-state index contributed by atoms with van der Waals surface area (Å²) in [4.78, 5) is 39.3. The number of ketones is 1. The van der Waals surface area contributed by atoms with Gasteiger partial charge in [0.2, 0.25) is 5.78 Å². The van der Waals surface area contributed by atoms with E-state index < -0.39 is 23.3 Å². The predicted octanol–water partition coefficient (Wildman–Crippen LogP) is 1.76. The molecule has 0 aliphatic carbocycles. The first-order chi connectivity index (χ1) is 11.6. The van der Waals surface area contributed by atoms with Gasteiger partial charge in [0.05, 0.1) is 18.9 Å². The highest BCUT2D eigenvalue weighted by Crippen LogP contribution is 2.41. The lowest BCUT2D eigenvalue weighted by molar-refractivity contribution is -0.171. The number of carbonyl (C=O) groups is 3. The quantitative estimate of drug-likeness (QED) is 0.620. The van der Waals surface area contributed by atoms with E-state index in [1.807, 2.05) is 24.3 Å². The van der Waals surface area contributed by atoms with Crippen molar-refractivity contribution >= 4 is 29.5 Å². The van der Waals surface area contributed by atoms with Crippen molar-refractivity contribution in [2.24, 2.45) is 0 Å². The summed E-state index contributed by atoms with van der Waals surface area (Å²) in [6.07, 6.45) is 4.60. The molecule has 24 heavy (non-hydrogen) atoms. The first-order valence-corrected chi connectivity index (χ1v) is 7.74. The van der Waals surface area contributed by atoms with Gasteiger partial charge in [0.25, 0.3) is 0 Å². The molecule has 0 atom stereocenters. The maximum absolute atomic E-state index is 12.8. The van der Waals surface area contributed by atoms with Crippen molar-refractivity contribution in [2.45, 2.75) is 19.4 Å². The van der Waals surface area contributed by atoms with Crippen LogP contribution in [0.5, 0.6) is 0 Å². The van der Waals surface area contributed by atoms with E-state index in [1.54, 1.807) is 26.1 Å². The van der Waals surface area contributed by atoms with Crippen LogP contribution in [0.3, 0.4) is 0 Å². The Balaban J connectivity index is 2.15. The Labute approximate surface area is 139 Å². The first kappa shape index (κ1) is 16.0. The van der Waals surface area contributed by atoms with E-state index >= 15 is 0 Å². The zero-order valence-electron chi connectivity index (χ0n) is 13.4. The van der Waals surface area contributed by atoms with Crippen LogP contribution < -0.4 is 0 Å². The molecular formula is C18H17NO5. The molecule has 6 heteroatoms. The van der Waals surface area contributed by atoms with Crippen LogP contribution >= 0.6 is 0 Å². The zero-order valence-corrected chi connectivity index (χ0v) is 13.4. The van der Waals surface area contributed by atoms with E-state index in [4.69, 9.17) is 9.47 Å². The third-order valence-electron chi connectivity index (χ3n) is 4.03. The van der Waals surface area contributed by atoms with Crippen molar-refractivity contribution in [1.82, 2.24) is 4.90 Å². The standard InChI is InChI=1S/C18H17NO5/c1-3-23-16(21)18(17(22)24-4-2)15(20)11-14-13-8-6-5-7-12(13)9-10-19(14)18/h5-11H,3-4H2,1-2H3. The van der Waals surface area contributed by atoms with Crippen LogP contribution in [-0.4, -0.2) is 41.4 Å². The average Bonchev–Trinajstić information content (AvgIpc) is 2.88. The van der Waals surface area contributed by atoms with Crippen LogP contribution in [0.25, 0.3) is 11.8 Å². The number of benzene rings is 1. The summed E-state index contributed by atoms with van der Waals surface area (Å²) in [5.41, 5.74) is 0.00474. The predicted molar refractivity (Wildman–Crippen MR) is 86.3 cm³/mol. The first-order valence-electron chi connectivity index (χ1n) is 7.74. The summed E-state index contributed by atoms with van der Waals surface area (Å²) in [6.45, 7) is 3.34. The summed E-state index contributed by atoms with van der Waals surface area (Å²) < 4.78 is 10.1. The van der Waals surface area contributed by atoms with Gasteiger partial charge >= 0.3 is 17.5 Å². The van der Waals surface area contributed by atoms with Crippen molar-refractivity contribution < 1.29 is 23.9 Å². The van der Waals surface area contributed by atoms with Crippen LogP contribution in [0.15, 0.2) is 36.5 Å². The second-order valence-electron chi connectivity index (χ2n) is 5.32. The van der Waals surface area contributed by atoms with Gasteiger partial charge in [-0.1, -0.05) is 24.3 Å². The van der Waals surface area contributed by atoms with Gasteiger partial charge in [-0.05, 0) is 25.5 Å². The Morgan fingerprint density at radius 1 is 1.08 bits per heavy atom. The van der Waals surface area contributed by atoms with Gasteiger partial charge in [0.15, 0.2) is 0 Å². The largest absolute Gasteiger partial charge is 0.463 e. The Kier molecular flexibility index (Phi) is 3.97. The third-order valence-corrected chi connectivity index (χ3v) is 4.03. The van der Waals surface area contributed by atoms with E-state index in [9.17, 15) is 14.4 Å². The molecule has 6 nitrogen and oxygen atoms in total. The molecule has 3 rings (SSSR count). The van der Waals surface area contributed by atoms with Gasteiger partial charge in [-0.2, -0.15) is 0 Å². The minimum atomic E-state index is -2.15. The molecule has 0 saturated heterocycles. The molecule has 2 aliphatic heterocycles. The molecule has 1 aromatic rings. The van der Waals surface area contributed by atoms with Crippen LogP contribution in [0.1, 0.15) is 25.0 Å². The molecular weight excluding hydrogens is 310 g/mol. The fraction of sp³-hybridized carbons (Fsp3) is 0.278. The van der Waals surface area contributed by atoms with Crippen molar-refractivity contribution in [1.29, 1.82) is 0 Å². The normalized spacial score (nSPS) is 17.0. The molecule has 0 spiro atoms. The van der Waals surface area contributed by atoms with Crippen LogP contribution in [0.2, 0.25) is 0 Å². The average molecular weight is 327 g/mol. The number of ether oxygens (including phenoxy) is 2. The summed E-state index contributed by atoms with van der Waals surface area (Å²) in [5, 5.41) is 0. The van der Waals surface area contributed by atoms with Crippen molar-refractivity contribution in [3.05, 3.63) is 47.7 Å². The molecule has 2 aliphatic rings. The molecule has 0 unspecified atom stereocenters. The van der Waals surface area contributed by atoms with Gasteiger partial charge in [-0.25, -0.2) is 9.59 Å². The van der Waals surface area contributed by atoms with Crippen molar-refractivity contribution in [3.8, 4) is 0 Å². The maximum Gasteiger partial charge on any atom is 0.352 e. The molecule has 0 radical (unpaired) electrons. The van der Waals surface area contributed by atoms with Gasteiger partial charge in [0.1, 0.15) is 0 Å².